The SMILES string of the molecule is CCC(CC1CC1)NC(=O)N(C)CC. The Morgan fingerprint density at radius 2 is 2.14 bits per heavy atom. The number of hydrogen-bond acceptors (Lipinski definition) is 1. The van der Waals surface area contributed by atoms with Gasteiger partial charge in [0.2, 0.25) is 0 Å². The van der Waals surface area contributed by atoms with E-state index in [1.807, 2.05) is 14.0 Å². The normalized spacial score (nSPS) is 17.6. The molecule has 0 heterocycles. The van der Waals surface area contributed by atoms with Crippen molar-refractivity contribution in [1.29, 1.82) is 0 Å². The number of carbonyl (C=O) groups is 1. The van der Waals surface area contributed by atoms with E-state index in [0.717, 1.165) is 18.9 Å². The maximum Gasteiger partial charge on any atom is 0.317 e. The molecule has 1 saturated carbocycles. The quantitative estimate of drug-likeness (QED) is 0.722. The highest BCUT2D eigenvalue weighted by Crippen LogP contribution is 2.33. The molecule has 1 aliphatic carbocycles. The van der Waals surface area contributed by atoms with Gasteiger partial charge in [0, 0.05) is 19.6 Å². The van der Waals surface area contributed by atoms with E-state index in [4.69, 9.17) is 0 Å². The number of urea groups is 1. The summed E-state index contributed by atoms with van der Waals surface area (Å²) in [5.74, 6) is 0.882. The number of nitrogens with zero attached hydrogens (tertiary/aromatic N) is 1. The van der Waals surface area contributed by atoms with E-state index in [-0.39, 0.29) is 6.03 Å². The predicted molar refractivity (Wildman–Crippen MR) is 58.3 cm³/mol. The molecule has 0 saturated heterocycles. The van der Waals surface area contributed by atoms with E-state index >= 15 is 0 Å². The van der Waals surface area contributed by atoms with Crippen LogP contribution < -0.4 is 5.32 Å². The van der Waals surface area contributed by atoms with E-state index < -0.39 is 0 Å². The Bertz CT molecular complexity index is 190. The lowest BCUT2D eigenvalue weighted by Crippen LogP contribution is -2.42. The van der Waals surface area contributed by atoms with Gasteiger partial charge in [-0.25, -0.2) is 4.79 Å². The van der Waals surface area contributed by atoms with Gasteiger partial charge >= 0.3 is 6.03 Å². The molecule has 0 aliphatic heterocycles. The highest BCUT2D eigenvalue weighted by Gasteiger charge is 2.25. The van der Waals surface area contributed by atoms with Gasteiger partial charge in [-0.15, -0.1) is 0 Å². The Morgan fingerprint density at radius 1 is 1.50 bits per heavy atom. The van der Waals surface area contributed by atoms with Crippen LogP contribution in [0.25, 0.3) is 0 Å². The van der Waals surface area contributed by atoms with Crippen LogP contribution in [0.2, 0.25) is 0 Å². The lowest BCUT2D eigenvalue weighted by molar-refractivity contribution is 0.205. The maximum absolute atomic E-state index is 11.6. The number of hydrogen-bond donors (Lipinski definition) is 1. The monoisotopic (exact) mass is 198 g/mol. The molecule has 2 amide bonds. The minimum atomic E-state index is 0.0694. The fourth-order valence-corrected chi connectivity index (χ4v) is 1.51. The zero-order valence-electron chi connectivity index (χ0n) is 9.55. The minimum Gasteiger partial charge on any atom is -0.335 e. The van der Waals surface area contributed by atoms with Crippen molar-refractivity contribution < 1.29 is 4.79 Å². The van der Waals surface area contributed by atoms with Crippen LogP contribution >= 0.6 is 0 Å². The second-order valence-corrected chi connectivity index (χ2v) is 4.25. The molecule has 0 spiro atoms. The third kappa shape index (κ3) is 3.56. The van der Waals surface area contributed by atoms with E-state index in [0.29, 0.717) is 6.04 Å². The van der Waals surface area contributed by atoms with Gasteiger partial charge in [0.05, 0.1) is 0 Å². The topological polar surface area (TPSA) is 32.3 Å². The molecule has 1 atom stereocenters. The van der Waals surface area contributed by atoms with Gasteiger partial charge in [0.25, 0.3) is 0 Å². The van der Waals surface area contributed by atoms with Crippen molar-refractivity contribution in [3.63, 3.8) is 0 Å². The maximum atomic E-state index is 11.6. The second-order valence-electron chi connectivity index (χ2n) is 4.25. The van der Waals surface area contributed by atoms with Crippen LogP contribution in [0.1, 0.15) is 39.5 Å². The van der Waals surface area contributed by atoms with Crippen LogP contribution in [-0.4, -0.2) is 30.6 Å². The summed E-state index contributed by atoms with van der Waals surface area (Å²) in [6, 6.07) is 0.448. The molecule has 0 bridgehead atoms. The summed E-state index contributed by atoms with van der Waals surface area (Å²) in [4.78, 5) is 13.3. The van der Waals surface area contributed by atoms with E-state index in [1.165, 1.54) is 19.3 Å². The molecule has 3 heteroatoms. The third-order valence-corrected chi connectivity index (χ3v) is 2.96. The van der Waals surface area contributed by atoms with Crippen LogP contribution in [0, 0.1) is 5.92 Å². The van der Waals surface area contributed by atoms with Crippen molar-refractivity contribution >= 4 is 6.03 Å². The predicted octanol–water partition coefficient (Wildman–Crippen LogP) is 2.23. The fraction of sp³-hybridized carbons (Fsp3) is 0.909. The molecule has 1 rings (SSSR count). The van der Waals surface area contributed by atoms with Gasteiger partial charge in [-0.2, -0.15) is 0 Å². The summed E-state index contributed by atoms with van der Waals surface area (Å²) in [5, 5.41) is 3.08. The Morgan fingerprint density at radius 3 is 2.57 bits per heavy atom. The summed E-state index contributed by atoms with van der Waals surface area (Å²) in [7, 11) is 1.83. The molecule has 0 radical (unpaired) electrons. The molecule has 3 nitrogen and oxygen atoms in total. The smallest absolute Gasteiger partial charge is 0.317 e. The van der Waals surface area contributed by atoms with E-state index in [1.54, 1.807) is 4.90 Å². The van der Waals surface area contributed by atoms with Gasteiger partial charge < -0.3 is 10.2 Å². The van der Waals surface area contributed by atoms with Crippen molar-refractivity contribution in [1.82, 2.24) is 10.2 Å². The van der Waals surface area contributed by atoms with Crippen molar-refractivity contribution in [2.45, 2.75) is 45.6 Å². The summed E-state index contributed by atoms with van der Waals surface area (Å²) in [6.45, 7) is 4.90. The molecule has 82 valence electrons. The first-order valence-corrected chi connectivity index (χ1v) is 5.69. The first-order valence-electron chi connectivity index (χ1n) is 5.69. The molecule has 14 heavy (non-hydrogen) atoms. The Kier molecular flexibility index (Phi) is 4.23. The highest BCUT2D eigenvalue weighted by molar-refractivity contribution is 5.74. The molecule has 1 aliphatic rings. The molecular weight excluding hydrogens is 176 g/mol. The molecule has 1 unspecified atom stereocenters. The average Bonchev–Trinajstić information content (AvgIpc) is 2.99. The highest BCUT2D eigenvalue weighted by atomic mass is 16.2. The van der Waals surface area contributed by atoms with Crippen LogP contribution in [0.15, 0.2) is 0 Å². The molecule has 1 N–H and O–H groups in total. The van der Waals surface area contributed by atoms with Crippen molar-refractivity contribution in [2.75, 3.05) is 13.6 Å². The molecular formula is C11H22N2O. The zero-order chi connectivity index (χ0) is 10.6. The largest absolute Gasteiger partial charge is 0.335 e. The first-order chi connectivity index (χ1) is 6.67. The fourth-order valence-electron chi connectivity index (χ4n) is 1.51. The molecule has 1 fully saturated rings. The van der Waals surface area contributed by atoms with Crippen LogP contribution in [-0.2, 0) is 0 Å². The molecule has 0 aromatic carbocycles. The van der Waals surface area contributed by atoms with Gasteiger partial charge in [0.15, 0.2) is 0 Å². The number of rotatable bonds is 5. The van der Waals surface area contributed by atoms with Crippen LogP contribution in [0.5, 0.6) is 0 Å². The van der Waals surface area contributed by atoms with Crippen molar-refractivity contribution in [3.8, 4) is 0 Å². The minimum absolute atomic E-state index is 0.0694. The van der Waals surface area contributed by atoms with Gasteiger partial charge in [-0.1, -0.05) is 19.8 Å². The number of nitrogens with one attached hydrogen (secondary N) is 1. The van der Waals surface area contributed by atoms with E-state index in [2.05, 4.69) is 12.2 Å². The van der Waals surface area contributed by atoms with Crippen LogP contribution in [0.3, 0.4) is 0 Å². The van der Waals surface area contributed by atoms with Gasteiger partial charge in [0.1, 0.15) is 0 Å². The van der Waals surface area contributed by atoms with Crippen molar-refractivity contribution in [3.05, 3.63) is 0 Å². The first kappa shape index (κ1) is 11.3. The third-order valence-electron chi connectivity index (χ3n) is 2.96. The van der Waals surface area contributed by atoms with Gasteiger partial charge in [-0.05, 0) is 25.7 Å². The van der Waals surface area contributed by atoms with Crippen LogP contribution in [0.4, 0.5) is 4.79 Å². The summed E-state index contributed by atoms with van der Waals surface area (Å²) >= 11 is 0. The Labute approximate surface area is 86.9 Å². The lowest BCUT2D eigenvalue weighted by Gasteiger charge is -2.21. The zero-order valence-corrected chi connectivity index (χ0v) is 9.55. The molecule has 0 aromatic rings. The second kappa shape index (κ2) is 5.23. The summed E-state index contributed by atoms with van der Waals surface area (Å²) in [6.07, 6.45) is 4.92. The summed E-state index contributed by atoms with van der Waals surface area (Å²) < 4.78 is 0. The lowest BCUT2D eigenvalue weighted by atomic mass is 10.1. The number of amides is 2. The standard InChI is InChI=1S/C11H22N2O/c1-4-10(8-9-6-7-9)12-11(14)13(3)5-2/h9-10H,4-8H2,1-3H3,(H,12,14). The summed E-state index contributed by atoms with van der Waals surface area (Å²) in [5.41, 5.74) is 0. The average molecular weight is 198 g/mol. The van der Waals surface area contributed by atoms with Crippen molar-refractivity contribution in [2.24, 2.45) is 5.92 Å². The van der Waals surface area contributed by atoms with Gasteiger partial charge in [-0.3, -0.25) is 0 Å². The number of carbonyl (C=O) groups excluding carboxylic acids is 1. The Hall–Kier alpha value is -0.730. The molecule has 0 aromatic heterocycles. The Balaban J connectivity index is 2.26. The van der Waals surface area contributed by atoms with E-state index in [9.17, 15) is 4.79 Å².